The standard InChI is InChI=1S/C21H18N2O6S/c1-25-16-8-12(9-17-20(16)29-7-6-28-17)2-3-19(24)23-21-22-13-10-14-15(11-18(13)30-21)27-5-4-26-14/h2-3,8-11H,4-7H2,1H3,(H,22,23,24)/b3-2+. The molecule has 0 aliphatic carbocycles. The molecule has 0 spiro atoms. The van der Waals surface area contributed by atoms with Gasteiger partial charge in [0.15, 0.2) is 28.1 Å². The molecule has 5 rings (SSSR count). The Kier molecular flexibility index (Phi) is 4.80. The fraction of sp³-hybridized carbons (Fsp3) is 0.238. The number of nitrogens with one attached hydrogen (secondary N) is 1. The second-order valence-corrected chi connectivity index (χ2v) is 7.58. The number of rotatable bonds is 4. The molecular weight excluding hydrogens is 408 g/mol. The number of hydrogen-bond acceptors (Lipinski definition) is 8. The van der Waals surface area contributed by atoms with Crippen molar-refractivity contribution in [1.82, 2.24) is 4.98 Å². The van der Waals surface area contributed by atoms with Gasteiger partial charge in [-0.3, -0.25) is 10.1 Å². The van der Waals surface area contributed by atoms with Crippen LogP contribution in [0.15, 0.2) is 30.3 Å². The molecule has 2 aliphatic rings. The summed E-state index contributed by atoms with van der Waals surface area (Å²) in [7, 11) is 1.56. The Morgan fingerprint density at radius 3 is 2.57 bits per heavy atom. The van der Waals surface area contributed by atoms with Crippen LogP contribution in [-0.2, 0) is 4.79 Å². The summed E-state index contributed by atoms with van der Waals surface area (Å²) in [6.45, 7) is 1.99. The number of fused-ring (bicyclic) bond motifs is 3. The molecule has 2 aromatic carbocycles. The van der Waals surface area contributed by atoms with Gasteiger partial charge in [0.2, 0.25) is 11.7 Å². The number of ether oxygens (including phenoxy) is 5. The van der Waals surface area contributed by atoms with Crippen LogP contribution in [0.25, 0.3) is 16.3 Å². The normalized spacial score (nSPS) is 14.7. The van der Waals surface area contributed by atoms with Gasteiger partial charge >= 0.3 is 0 Å². The lowest BCUT2D eigenvalue weighted by molar-refractivity contribution is -0.111. The SMILES string of the molecule is COc1cc(/C=C/C(=O)Nc2nc3cc4c(cc3s2)OCCO4)cc2c1OCCO2. The van der Waals surface area contributed by atoms with Crippen LogP contribution in [0.5, 0.6) is 28.7 Å². The van der Waals surface area contributed by atoms with Crippen molar-refractivity contribution >= 4 is 38.7 Å². The van der Waals surface area contributed by atoms with E-state index in [0.29, 0.717) is 60.3 Å². The van der Waals surface area contributed by atoms with Crippen molar-refractivity contribution in [3.63, 3.8) is 0 Å². The summed E-state index contributed by atoms with van der Waals surface area (Å²) in [5.74, 6) is 2.81. The van der Waals surface area contributed by atoms with Crippen LogP contribution in [0.3, 0.4) is 0 Å². The molecule has 1 N–H and O–H groups in total. The highest BCUT2D eigenvalue weighted by Gasteiger charge is 2.18. The minimum atomic E-state index is -0.292. The molecule has 0 saturated carbocycles. The largest absolute Gasteiger partial charge is 0.493 e. The van der Waals surface area contributed by atoms with E-state index in [1.54, 1.807) is 19.3 Å². The van der Waals surface area contributed by atoms with Crippen molar-refractivity contribution < 1.29 is 28.5 Å². The number of nitrogens with zero attached hydrogens (tertiary/aromatic N) is 1. The molecule has 0 fully saturated rings. The monoisotopic (exact) mass is 426 g/mol. The molecule has 1 amide bonds. The summed E-state index contributed by atoms with van der Waals surface area (Å²) in [6, 6.07) is 7.31. The zero-order valence-electron chi connectivity index (χ0n) is 16.1. The van der Waals surface area contributed by atoms with Gasteiger partial charge in [-0.1, -0.05) is 11.3 Å². The van der Waals surface area contributed by atoms with Crippen LogP contribution < -0.4 is 29.0 Å². The molecule has 2 aliphatic heterocycles. The van der Waals surface area contributed by atoms with E-state index in [9.17, 15) is 4.79 Å². The predicted molar refractivity (Wildman–Crippen MR) is 112 cm³/mol. The van der Waals surface area contributed by atoms with Gasteiger partial charge in [0.25, 0.3) is 0 Å². The van der Waals surface area contributed by atoms with Gasteiger partial charge in [0.05, 0.1) is 17.3 Å². The fourth-order valence-corrected chi connectivity index (χ4v) is 4.11. The Morgan fingerprint density at radius 2 is 1.77 bits per heavy atom. The molecule has 3 heterocycles. The lowest BCUT2D eigenvalue weighted by atomic mass is 10.1. The molecule has 0 unspecified atom stereocenters. The quantitative estimate of drug-likeness (QED) is 0.639. The first-order valence-electron chi connectivity index (χ1n) is 9.36. The third-order valence-corrected chi connectivity index (χ3v) is 5.49. The van der Waals surface area contributed by atoms with Crippen LogP contribution >= 0.6 is 11.3 Å². The lowest BCUT2D eigenvalue weighted by Crippen LogP contribution is -2.16. The van der Waals surface area contributed by atoms with Gasteiger partial charge in [-0.25, -0.2) is 4.98 Å². The summed E-state index contributed by atoms with van der Waals surface area (Å²) < 4.78 is 28.7. The zero-order chi connectivity index (χ0) is 20.5. The van der Waals surface area contributed by atoms with E-state index in [2.05, 4.69) is 10.3 Å². The Bertz CT molecular complexity index is 1100. The van der Waals surface area contributed by atoms with E-state index in [1.165, 1.54) is 17.4 Å². The summed E-state index contributed by atoms with van der Waals surface area (Å²) in [6.07, 6.45) is 3.12. The highest BCUT2D eigenvalue weighted by molar-refractivity contribution is 7.22. The molecule has 9 heteroatoms. The lowest BCUT2D eigenvalue weighted by Gasteiger charge is -2.20. The van der Waals surface area contributed by atoms with E-state index in [4.69, 9.17) is 23.7 Å². The van der Waals surface area contributed by atoms with Crippen molar-refractivity contribution in [2.75, 3.05) is 38.9 Å². The number of aromatic nitrogens is 1. The first-order valence-corrected chi connectivity index (χ1v) is 10.2. The number of anilines is 1. The summed E-state index contributed by atoms with van der Waals surface area (Å²) in [5.41, 5.74) is 1.51. The highest BCUT2D eigenvalue weighted by atomic mass is 32.1. The minimum Gasteiger partial charge on any atom is -0.493 e. The summed E-state index contributed by atoms with van der Waals surface area (Å²) >= 11 is 1.38. The maximum absolute atomic E-state index is 12.4. The Hall–Kier alpha value is -3.46. The maximum Gasteiger partial charge on any atom is 0.250 e. The van der Waals surface area contributed by atoms with Crippen molar-refractivity contribution in [1.29, 1.82) is 0 Å². The summed E-state index contributed by atoms with van der Waals surface area (Å²) in [5, 5.41) is 3.30. The van der Waals surface area contributed by atoms with E-state index >= 15 is 0 Å². The summed E-state index contributed by atoms with van der Waals surface area (Å²) in [4.78, 5) is 16.9. The Labute approximate surface area is 176 Å². The third kappa shape index (κ3) is 3.59. The Balaban J connectivity index is 1.33. The molecule has 0 atom stereocenters. The number of carbonyl (C=O) groups excluding carboxylic acids is 1. The van der Waals surface area contributed by atoms with Crippen molar-refractivity contribution in [3.8, 4) is 28.7 Å². The smallest absolute Gasteiger partial charge is 0.250 e. The molecule has 0 saturated heterocycles. The van der Waals surface area contributed by atoms with Crippen LogP contribution in [0.1, 0.15) is 5.56 Å². The van der Waals surface area contributed by atoms with Gasteiger partial charge in [0.1, 0.15) is 26.4 Å². The second-order valence-electron chi connectivity index (χ2n) is 6.55. The van der Waals surface area contributed by atoms with Crippen LogP contribution in [0.4, 0.5) is 5.13 Å². The minimum absolute atomic E-state index is 0.292. The van der Waals surface area contributed by atoms with Crippen LogP contribution in [-0.4, -0.2) is 44.4 Å². The topological polar surface area (TPSA) is 88.1 Å². The zero-order valence-corrected chi connectivity index (χ0v) is 16.9. The number of carbonyl (C=O) groups is 1. The van der Waals surface area contributed by atoms with Crippen molar-refractivity contribution in [2.24, 2.45) is 0 Å². The van der Waals surface area contributed by atoms with Crippen LogP contribution in [0, 0.1) is 0 Å². The number of benzene rings is 2. The maximum atomic E-state index is 12.4. The van der Waals surface area contributed by atoms with Gasteiger partial charge in [-0.15, -0.1) is 0 Å². The highest BCUT2D eigenvalue weighted by Crippen LogP contribution is 2.41. The van der Waals surface area contributed by atoms with Gasteiger partial charge in [0, 0.05) is 18.2 Å². The molecule has 1 aromatic heterocycles. The predicted octanol–water partition coefficient (Wildman–Crippen LogP) is 3.50. The number of hydrogen-bond donors (Lipinski definition) is 1. The molecule has 0 bridgehead atoms. The second kappa shape index (κ2) is 7.75. The third-order valence-electron chi connectivity index (χ3n) is 4.56. The fourth-order valence-electron chi connectivity index (χ4n) is 3.23. The van der Waals surface area contributed by atoms with E-state index in [0.717, 1.165) is 15.8 Å². The molecule has 3 aromatic rings. The van der Waals surface area contributed by atoms with E-state index in [1.807, 2.05) is 18.2 Å². The average Bonchev–Trinajstić information content (AvgIpc) is 3.16. The van der Waals surface area contributed by atoms with Gasteiger partial charge in [-0.2, -0.15) is 0 Å². The first-order chi connectivity index (χ1) is 14.7. The van der Waals surface area contributed by atoms with Crippen LogP contribution in [0.2, 0.25) is 0 Å². The van der Waals surface area contributed by atoms with Crippen molar-refractivity contribution in [3.05, 3.63) is 35.9 Å². The number of amides is 1. The Morgan fingerprint density at radius 1 is 1.03 bits per heavy atom. The molecule has 0 radical (unpaired) electrons. The van der Waals surface area contributed by atoms with E-state index < -0.39 is 0 Å². The molecular formula is C21H18N2O6S. The number of thiazole rings is 1. The molecule has 154 valence electrons. The number of methoxy groups -OCH3 is 1. The molecule has 30 heavy (non-hydrogen) atoms. The molecule has 8 nitrogen and oxygen atoms in total. The van der Waals surface area contributed by atoms with E-state index in [-0.39, 0.29) is 5.91 Å². The average molecular weight is 426 g/mol. The van der Waals surface area contributed by atoms with Gasteiger partial charge < -0.3 is 23.7 Å². The van der Waals surface area contributed by atoms with Gasteiger partial charge in [-0.05, 0) is 23.8 Å². The first kappa shape index (κ1) is 18.6. The van der Waals surface area contributed by atoms with Crippen molar-refractivity contribution in [2.45, 2.75) is 0 Å².